The van der Waals surface area contributed by atoms with Crippen LogP contribution in [0.15, 0.2) is 6.07 Å². The van der Waals surface area contributed by atoms with E-state index in [1.165, 1.54) is 0 Å². The van der Waals surface area contributed by atoms with Crippen molar-refractivity contribution in [1.29, 1.82) is 0 Å². The van der Waals surface area contributed by atoms with E-state index < -0.39 is 53.0 Å². The van der Waals surface area contributed by atoms with E-state index in [9.17, 15) is 31.1 Å². The Balaban J connectivity index is 3.44. The van der Waals surface area contributed by atoms with E-state index in [1.54, 1.807) is 0 Å². The van der Waals surface area contributed by atoms with Gasteiger partial charge in [0.15, 0.2) is 5.75 Å². The maximum atomic E-state index is 12.8. The van der Waals surface area contributed by atoms with Crippen LogP contribution < -0.4 is 4.74 Å². The van der Waals surface area contributed by atoms with Crippen molar-refractivity contribution in [3.63, 3.8) is 0 Å². The topological polar surface area (TPSA) is 59.4 Å². The van der Waals surface area contributed by atoms with Crippen molar-refractivity contribution in [2.75, 3.05) is 0 Å². The quantitative estimate of drug-likeness (QED) is 0.640. The summed E-state index contributed by atoms with van der Waals surface area (Å²) >= 11 is 2.70. The van der Waals surface area contributed by atoms with Gasteiger partial charge in [0.1, 0.15) is 5.69 Å². The van der Waals surface area contributed by atoms with Crippen molar-refractivity contribution in [3.8, 4) is 5.75 Å². The molecule has 0 fully saturated rings. The average Bonchev–Trinajstić information content (AvgIpc) is 2.24. The van der Waals surface area contributed by atoms with E-state index in [1.807, 2.05) is 0 Å². The van der Waals surface area contributed by atoms with Crippen LogP contribution in [0, 0.1) is 0 Å². The van der Waals surface area contributed by atoms with Gasteiger partial charge in [-0.1, -0.05) is 15.9 Å². The van der Waals surface area contributed by atoms with Crippen LogP contribution in [0.4, 0.5) is 26.3 Å². The molecular weight excluding hydrogens is 376 g/mol. The van der Waals surface area contributed by atoms with Crippen LogP contribution in [0.2, 0.25) is 0 Å². The van der Waals surface area contributed by atoms with Crippen LogP contribution in [-0.2, 0) is 22.7 Å². The lowest BCUT2D eigenvalue weighted by Crippen LogP contribution is -2.21. The maximum Gasteiger partial charge on any atom is 0.573 e. The van der Waals surface area contributed by atoms with E-state index in [0.29, 0.717) is 6.07 Å². The molecule has 4 nitrogen and oxygen atoms in total. The third-order valence-electron chi connectivity index (χ3n) is 2.10. The highest BCUT2D eigenvalue weighted by Gasteiger charge is 2.38. The molecule has 21 heavy (non-hydrogen) atoms. The zero-order chi connectivity index (χ0) is 16.4. The number of nitrogens with zero attached hydrogens (tertiary/aromatic N) is 1. The minimum absolute atomic E-state index is 0.383. The summed E-state index contributed by atoms with van der Waals surface area (Å²) in [7, 11) is 0. The lowest BCUT2D eigenvalue weighted by molar-refractivity contribution is -0.275. The number of rotatable bonds is 4. The third-order valence-corrected chi connectivity index (χ3v) is 2.63. The molecule has 0 radical (unpaired) electrons. The van der Waals surface area contributed by atoms with Gasteiger partial charge in [-0.3, -0.25) is 4.79 Å². The number of hydrogen-bond donors (Lipinski definition) is 1. The van der Waals surface area contributed by atoms with Crippen molar-refractivity contribution in [3.05, 3.63) is 23.0 Å². The molecule has 1 rings (SSSR count). The first kappa shape index (κ1) is 17.5. The molecule has 0 aliphatic rings. The summed E-state index contributed by atoms with van der Waals surface area (Å²) in [6, 6.07) is 0.383. The molecule has 0 saturated carbocycles. The molecule has 0 saturated heterocycles. The molecule has 1 aromatic heterocycles. The number of hydrogen-bond acceptors (Lipinski definition) is 3. The summed E-state index contributed by atoms with van der Waals surface area (Å²) in [5.41, 5.74) is -3.12. The molecule has 1 heterocycles. The monoisotopic (exact) mass is 381 g/mol. The minimum Gasteiger partial charge on any atom is -0.481 e. The maximum absolute atomic E-state index is 12.8. The number of carbonyl (C=O) groups is 1. The summed E-state index contributed by atoms with van der Waals surface area (Å²) in [6.07, 6.45) is -11.3. The zero-order valence-electron chi connectivity index (χ0n) is 9.85. The molecule has 0 aliphatic carbocycles. The van der Waals surface area contributed by atoms with Gasteiger partial charge in [-0.2, -0.15) is 13.2 Å². The molecule has 0 spiro atoms. The highest BCUT2D eigenvalue weighted by molar-refractivity contribution is 9.08. The summed E-state index contributed by atoms with van der Waals surface area (Å²) < 4.78 is 78.4. The molecule has 1 N–H and O–H groups in total. The zero-order valence-corrected chi connectivity index (χ0v) is 11.4. The largest absolute Gasteiger partial charge is 0.573 e. The Labute approximate surface area is 121 Å². The Kier molecular flexibility index (Phi) is 5.07. The predicted molar refractivity (Wildman–Crippen MR) is 59.9 cm³/mol. The van der Waals surface area contributed by atoms with Gasteiger partial charge in [-0.15, -0.1) is 13.2 Å². The van der Waals surface area contributed by atoms with E-state index >= 15 is 0 Å². The normalized spacial score (nSPS) is 12.3. The molecule has 118 valence electrons. The molecule has 1 aromatic rings. The number of halogens is 7. The summed E-state index contributed by atoms with van der Waals surface area (Å²) in [5.74, 6) is -2.63. The van der Waals surface area contributed by atoms with Gasteiger partial charge >= 0.3 is 18.5 Å². The van der Waals surface area contributed by atoms with Crippen LogP contribution in [0.1, 0.15) is 17.0 Å². The van der Waals surface area contributed by atoms with Gasteiger partial charge in [0, 0.05) is 5.33 Å². The van der Waals surface area contributed by atoms with E-state index in [4.69, 9.17) is 5.11 Å². The first-order valence-electron chi connectivity index (χ1n) is 5.07. The van der Waals surface area contributed by atoms with Crippen molar-refractivity contribution in [2.45, 2.75) is 24.3 Å². The van der Waals surface area contributed by atoms with E-state index in [-0.39, 0.29) is 0 Å². The van der Waals surface area contributed by atoms with Crippen LogP contribution in [0.25, 0.3) is 0 Å². The Morgan fingerprint density at radius 3 is 2.24 bits per heavy atom. The fraction of sp³-hybridized carbons (Fsp3) is 0.400. The molecule has 0 aromatic carbocycles. The van der Waals surface area contributed by atoms with Crippen LogP contribution in [-0.4, -0.2) is 22.4 Å². The Hall–Kier alpha value is -1.52. The fourth-order valence-electron chi connectivity index (χ4n) is 1.42. The van der Waals surface area contributed by atoms with E-state index in [2.05, 4.69) is 25.7 Å². The van der Waals surface area contributed by atoms with Gasteiger partial charge in [0.2, 0.25) is 0 Å². The van der Waals surface area contributed by atoms with Gasteiger partial charge in [0.25, 0.3) is 0 Å². The lowest BCUT2D eigenvalue weighted by Gasteiger charge is -2.16. The standard InChI is InChI=1S/C10H6BrF6NO3/c11-3-5-6(21-10(15,16)17)1-4(2-7(19)20)8(18-5)9(12,13)14/h1H,2-3H2,(H,19,20). The number of aliphatic carboxylic acids is 1. The van der Waals surface area contributed by atoms with Crippen LogP contribution in [0.5, 0.6) is 5.75 Å². The minimum atomic E-state index is -5.14. The van der Waals surface area contributed by atoms with Crippen molar-refractivity contribution < 1.29 is 41.0 Å². The fourth-order valence-corrected chi connectivity index (χ4v) is 1.83. The summed E-state index contributed by atoms with van der Waals surface area (Å²) in [6.45, 7) is 0. The number of aromatic nitrogens is 1. The second-order valence-corrected chi connectivity index (χ2v) is 4.25. The van der Waals surface area contributed by atoms with Gasteiger partial charge in [-0.25, -0.2) is 4.98 Å². The van der Waals surface area contributed by atoms with Crippen LogP contribution >= 0.6 is 15.9 Å². The first-order chi connectivity index (χ1) is 9.44. The highest BCUT2D eigenvalue weighted by Crippen LogP contribution is 2.36. The van der Waals surface area contributed by atoms with Crippen molar-refractivity contribution >= 4 is 21.9 Å². The Bertz CT molecular complexity index is 543. The average molecular weight is 382 g/mol. The van der Waals surface area contributed by atoms with Crippen molar-refractivity contribution in [2.24, 2.45) is 0 Å². The summed E-state index contributed by atoms with van der Waals surface area (Å²) in [5, 5.41) is 8.10. The third kappa shape index (κ3) is 5.06. The molecule has 0 aliphatic heterocycles. The smallest absolute Gasteiger partial charge is 0.481 e. The number of pyridine rings is 1. The molecular formula is C10H6BrF6NO3. The van der Waals surface area contributed by atoms with Gasteiger partial charge in [-0.05, 0) is 11.6 Å². The predicted octanol–water partition coefficient (Wildman–Crippen LogP) is 3.52. The van der Waals surface area contributed by atoms with E-state index in [0.717, 1.165) is 0 Å². The molecule has 0 unspecified atom stereocenters. The molecule has 0 atom stereocenters. The molecule has 0 amide bonds. The Morgan fingerprint density at radius 1 is 1.29 bits per heavy atom. The lowest BCUT2D eigenvalue weighted by atomic mass is 10.1. The van der Waals surface area contributed by atoms with Crippen LogP contribution in [0.3, 0.4) is 0 Å². The SMILES string of the molecule is O=C(O)Cc1cc(OC(F)(F)F)c(CBr)nc1C(F)(F)F. The molecule has 0 bridgehead atoms. The molecule has 11 heteroatoms. The number of alkyl halides is 7. The van der Waals surface area contributed by atoms with Gasteiger partial charge in [0.05, 0.1) is 12.1 Å². The summed E-state index contributed by atoms with van der Waals surface area (Å²) in [4.78, 5) is 13.6. The number of carboxylic acid groups (broad SMARTS) is 1. The number of ether oxygens (including phenoxy) is 1. The highest BCUT2D eigenvalue weighted by atomic mass is 79.9. The Morgan fingerprint density at radius 2 is 1.86 bits per heavy atom. The van der Waals surface area contributed by atoms with Gasteiger partial charge < -0.3 is 9.84 Å². The van der Waals surface area contributed by atoms with Crippen molar-refractivity contribution in [1.82, 2.24) is 4.98 Å². The number of carboxylic acids is 1. The first-order valence-corrected chi connectivity index (χ1v) is 6.19. The second-order valence-electron chi connectivity index (χ2n) is 3.69. The second kappa shape index (κ2) is 6.08.